The van der Waals surface area contributed by atoms with Gasteiger partial charge in [-0.25, -0.2) is 4.39 Å². The second-order valence-corrected chi connectivity index (χ2v) is 6.48. The third-order valence-corrected chi connectivity index (χ3v) is 4.89. The Bertz CT molecular complexity index is 660. The molecule has 0 spiro atoms. The van der Waals surface area contributed by atoms with Crippen LogP contribution >= 0.6 is 0 Å². The number of hydrogen-bond acceptors (Lipinski definition) is 6. The van der Waals surface area contributed by atoms with Crippen LogP contribution in [0.1, 0.15) is 12.3 Å². The summed E-state index contributed by atoms with van der Waals surface area (Å²) in [5, 5.41) is 7.44. The lowest BCUT2D eigenvalue weighted by atomic mass is 10.2. The van der Waals surface area contributed by atoms with Gasteiger partial charge in [0.1, 0.15) is 5.82 Å². The van der Waals surface area contributed by atoms with Gasteiger partial charge in [-0.15, -0.1) is 0 Å². The van der Waals surface area contributed by atoms with Crippen LogP contribution in [-0.4, -0.2) is 65.3 Å². The van der Waals surface area contributed by atoms with Gasteiger partial charge in [0.2, 0.25) is 11.7 Å². The zero-order chi connectivity index (χ0) is 16.4. The second kappa shape index (κ2) is 6.96. The van der Waals surface area contributed by atoms with Crippen LogP contribution in [0.3, 0.4) is 0 Å². The Labute approximate surface area is 140 Å². The molecule has 0 bridgehead atoms. The van der Waals surface area contributed by atoms with Gasteiger partial charge in [-0.05, 0) is 37.2 Å². The maximum absolute atomic E-state index is 13.0. The highest BCUT2D eigenvalue weighted by Crippen LogP contribution is 2.18. The predicted octanol–water partition coefficient (Wildman–Crippen LogP) is 1.36. The van der Waals surface area contributed by atoms with E-state index >= 15 is 0 Å². The number of halogens is 1. The van der Waals surface area contributed by atoms with E-state index in [0.29, 0.717) is 24.3 Å². The first kappa shape index (κ1) is 15.7. The van der Waals surface area contributed by atoms with Crippen molar-refractivity contribution in [2.75, 3.05) is 39.3 Å². The number of rotatable bonds is 4. The SMILES string of the molecule is Fc1ccc(-c2noc(CN3CCN(C4CCNC4)CC3)n2)cc1. The van der Waals surface area contributed by atoms with Gasteiger partial charge in [0.15, 0.2) is 0 Å². The molecule has 2 aliphatic rings. The highest BCUT2D eigenvalue weighted by atomic mass is 19.1. The van der Waals surface area contributed by atoms with Gasteiger partial charge in [0.25, 0.3) is 0 Å². The van der Waals surface area contributed by atoms with Crippen molar-refractivity contribution < 1.29 is 8.91 Å². The quantitative estimate of drug-likeness (QED) is 0.913. The molecular formula is C17H22FN5O. The summed E-state index contributed by atoms with van der Waals surface area (Å²) < 4.78 is 18.3. The Morgan fingerprint density at radius 1 is 1.17 bits per heavy atom. The summed E-state index contributed by atoms with van der Waals surface area (Å²) in [7, 11) is 0. The molecule has 0 radical (unpaired) electrons. The Hall–Kier alpha value is -1.83. The van der Waals surface area contributed by atoms with Gasteiger partial charge >= 0.3 is 0 Å². The first-order chi connectivity index (χ1) is 11.8. The van der Waals surface area contributed by atoms with Crippen LogP contribution in [0.2, 0.25) is 0 Å². The monoisotopic (exact) mass is 331 g/mol. The van der Waals surface area contributed by atoms with Crippen molar-refractivity contribution in [1.82, 2.24) is 25.3 Å². The van der Waals surface area contributed by atoms with E-state index in [2.05, 4.69) is 25.3 Å². The number of piperazine rings is 1. The van der Waals surface area contributed by atoms with Crippen molar-refractivity contribution in [3.63, 3.8) is 0 Å². The lowest BCUT2D eigenvalue weighted by molar-refractivity contribution is 0.0908. The molecule has 2 fully saturated rings. The zero-order valence-electron chi connectivity index (χ0n) is 13.6. The second-order valence-electron chi connectivity index (χ2n) is 6.48. The summed E-state index contributed by atoms with van der Waals surface area (Å²) in [6, 6.07) is 6.84. The predicted molar refractivity (Wildman–Crippen MR) is 87.8 cm³/mol. The first-order valence-electron chi connectivity index (χ1n) is 8.53. The fourth-order valence-corrected chi connectivity index (χ4v) is 3.46. The molecule has 1 unspecified atom stereocenters. The number of nitrogens with zero attached hydrogens (tertiary/aromatic N) is 4. The molecule has 24 heavy (non-hydrogen) atoms. The molecule has 6 nitrogen and oxygen atoms in total. The van der Waals surface area contributed by atoms with E-state index in [9.17, 15) is 4.39 Å². The highest BCUT2D eigenvalue weighted by Gasteiger charge is 2.26. The molecule has 1 aromatic heterocycles. The van der Waals surface area contributed by atoms with Crippen LogP contribution in [-0.2, 0) is 6.54 Å². The molecule has 0 aliphatic carbocycles. The zero-order valence-corrected chi connectivity index (χ0v) is 13.6. The number of nitrogens with one attached hydrogen (secondary N) is 1. The lowest BCUT2D eigenvalue weighted by Gasteiger charge is -2.37. The van der Waals surface area contributed by atoms with Crippen molar-refractivity contribution in [1.29, 1.82) is 0 Å². The number of aromatic nitrogens is 2. The third-order valence-electron chi connectivity index (χ3n) is 4.89. The Morgan fingerprint density at radius 3 is 2.67 bits per heavy atom. The molecule has 2 aromatic rings. The fraction of sp³-hybridized carbons (Fsp3) is 0.529. The van der Waals surface area contributed by atoms with Gasteiger partial charge in [0, 0.05) is 44.3 Å². The topological polar surface area (TPSA) is 57.4 Å². The lowest BCUT2D eigenvalue weighted by Crippen LogP contribution is -2.50. The number of hydrogen-bond donors (Lipinski definition) is 1. The summed E-state index contributed by atoms with van der Waals surface area (Å²) >= 11 is 0. The summed E-state index contributed by atoms with van der Waals surface area (Å²) in [4.78, 5) is 9.36. The minimum atomic E-state index is -0.266. The number of benzene rings is 1. The van der Waals surface area contributed by atoms with Gasteiger partial charge in [-0.1, -0.05) is 5.16 Å². The molecule has 2 aliphatic heterocycles. The van der Waals surface area contributed by atoms with Crippen molar-refractivity contribution in [2.45, 2.75) is 19.0 Å². The van der Waals surface area contributed by atoms with Crippen molar-refractivity contribution >= 4 is 0 Å². The summed E-state index contributed by atoms with van der Waals surface area (Å²) in [5.41, 5.74) is 0.768. The third kappa shape index (κ3) is 3.48. The molecule has 1 atom stereocenters. The normalized spacial score (nSPS) is 23.0. The van der Waals surface area contributed by atoms with Gasteiger partial charge in [0.05, 0.1) is 6.54 Å². The van der Waals surface area contributed by atoms with Crippen LogP contribution in [0.5, 0.6) is 0 Å². The van der Waals surface area contributed by atoms with E-state index in [4.69, 9.17) is 4.52 Å². The molecule has 0 amide bonds. The highest BCUT2D eigenvalue weighted by molar-refractivity contribution is 5.53. The van der Waals surface area contributed by atoms with E-state index in [-0.39, 0.29) is 5.82 Å². The van der Waals surface area contributed by atoms with Crippen molar-refractivity contribution in [3.05, 3.63) is 36.0 Å². The van der Waals surface area contributed by atoms with Crippen LogP contribution in [0.15, 0.2) is 28.8 Å². The summed E-state index contributed by atoms with van der Waals surface area (Å²) in [5.74, 6) is 0.865. The van der Waals surface area contributed by atoms with Crippen LogP contribution in [0, 0.1) is 5.82 Å². The minimum absolute atomic E-state index is 0.266. The molecule has 7 heteroatoms. The average Bonchev–Trinajstić information content (AvgIpc) is 3.28. The van der Waals surface area contributed by atoms with E-state index < -0.39 is 0 Å². The average molecular weight is 331 g/mol. The van der Waals surface area contributed by atoms with Crippen LogP contribution < -0.4 is 5.32 Å². The van der Waals surface area contributed by atoms with Crippen LogP contribution in [0.4, 0.5) is 4.39 Å². The van der Waals surface area contributed by atoms with Crippen molar-refractivity contribution in [2.24, 2.45) is 0 Å². The Morgan fingerprint density at radius 2 is 1.96 bits per heavy atom. The minimum Gasteiger partial charge on any atom is -0.338 e. The van der Waals surface area contributed by atoms with E-state index in [1.165, 1.54) is 18.6 Å². The molecule has 4 rings (SSSR count). The largest absolute Gasteiger partial charge is 0.338 e. The standard InChI is InChI=1S/C17H22FN5O/c18-14-3-1-13(2-4-14)17-20-16(24-21-17)12-22-7-9-23(10-8-22)15-5-6-19-11-15/h1-4,15,19H,5-12H2. The summed E-state index contributed by atoms with van der Waals surface area (Å²) in [6.45, 7) is 7.14. The van der Waals surface area contributed by atoms with Gasteiger partial charge in [-0.2, -0.15) is 4.98 Å². The van der Waals surface area contributed by atoms with Crippen molar-refractivity contribution in [3.8, 4) is 11.4 Å². The Balaban J connectivity index is 1.32. The van der Waals surface area contributed by atoms with Crippen LogP contribution in [0.25, 0.3) is 11.4 Å². The molecule has 1 aromatic carbocycles. The molecular weight excluding hydrogens is 309 g/mol. The maximum atomic E-state index is 13.0. The van der Waals surface area contributed by atoms with E-state index in [1.807, 2.05) is 0 Å². The first-order valence-corrected chi connectivity index (χ1v) is 8.53. The smallest absolute Gasteiger partial charge is 0.241 e. The summed E-state index contributed by atoms with van der Waals surface area (Å²) in [6.07, 6.45) is 1.25. The van der Waals surface area contributed by atoms with Gasteiger partial charge < -0.3 is 9.84 Å². The molecule has 3 heterocycles. The Kier molecular flexibility index (Phi) is 4.55. The maximum Gasteiger partial charge on any atom is 0.241 e. The molecule has 128 valence electrons. The van der Waals surface area contributed by atoms with E-state index in [0.717, 1.165) is 44.8 Å². The van der Waals surface area contributed by atoms with E-state index in [1.54, 1.807) is 12.1 Å². The molecule has 2 saturated heterocycles. The van der Waals surface area contributed by atoms with Gasteiger partial charge in [-0.3, -0.25) is 9.80 Å². The molecule has 1 N–H and O–H groups in total. The fourth-order valence-electron chi connectivity index (χ4n) is 3.46. The molecule has 0 saturated carbocycles.